The molecular weight excluding hydrogens is 1220 g/mol. The van der Waals surface area contributed by atoms with Crippen LogP contribution in [0.3, 0.4) is 0 Å². The van der Waals surface area contributed by atoms with Crippen LogP contribution < -0.4 is 25.0 Å². The molecule has 6 heterocycles. The molecule has 0 radical (unpaired) electrons. The van der Waals surface area contributed by atoms with Gasteiger partial charge in [0.1, 0.15) is 35.5 Å². The first kappa shape index (κ1) is 65.0. The SMILES string of the molecule is CC1(C)CCC(CN2CCN(c3ccc(C(=O)NS(=O)(=O)c4ccc(NCC5CCCN(CCOCCOCCOCC#Cc6cccc7c6C(=O)N(C6CCC(=O)NC6=O)C7=O)C5)c([N+](=O)[O-])c4)c(Oc4cnc5[nH]ccc5c4)c3)CC2)=C(c2ccc(Cl)cc2)C1. The summed E-state index contributed by atoms with van der Waals surface area (Å²) in [5.41, 5.74) is 5.90. The number of carbonyl (C=O) groups excluding carboxylic acids is 5. The van der Waals surface area contributed by atoms with Crippen molar-refractivity contribution in [1.82, 2.24) is 34.7 Å². The fraction of sp³-hybridized carbons (Fsp3) is 0.403. The standard InChI is InChI=1S/C67H73ClN10O13S/c1-67(2)22-20-48(55(39-67)45-10-12-49(68)13-11-45)43-75-25-27-76(28-26-75)50-14-16-53(59(37-50)91-51-36-47-21-23-69-62(47)71-41-51)63(80)73-92(86,87)52-15-17-56(58(38-52)78(84)85)70-40-44-6-4-24-74(42-44)29-31-89-33-35-90-34-32-88-30-5-8-46-7-3-9-54-61(46)66(83)77(65(54)82)57-18-19-60(79)72-64(57)81/h3,7,9-17,21,23,36-38,41,44,57,70H,4,6,18-20,22,24-35,39-40,42-43H2,1-2H3,(H,69,71)(H,73,80)(H,72,79,81). The van der Waals surface area contributed by atoms with E-state index in [0.29, 0.717) is 81.1 Å². The second-order valence-corrected chi connectivity index (χ2v) is 26.5. The average Bonchev–Trinajstić information content (AvgIpc) is 1.58. The lowest BCUT2D eigenvalue weighted by atomic mass is 9.72. The lowest BCUT2D eigenvalue weighted by molar-refractivity contribution is -0.384. The predicted molar refractivity (Wildman–Crippen MR) is 345 cm³/mol. The van der Waals surface area contributed by atoms with Crippen molar-refractivity contribution in [3.63, 3.8) is 0 Å². The molecule has 4 N–H and O–H groups in total. The number of nitrogens with one attached hydrogen (secondary N) is 4. The number of likely N-dealkylation sites (tertiary alicyclic amines) is 1. The number of nitrogens with zero attached hydrogens (tertiary/aromatic N) is 6. The van der Waals surface area contributed by atoms with Gasteiger partial charge in [0.05, 0.1) is 65.7 Å². The Kier molecular flexibility index (Phi) is 20.5. The maximum absolute atomic E-state index is 14.2. The van der Waals surface area contributed by atoms with Crippen LogP contribution in [0.25, 0.3) is 16.6 Å². The number of anilines is 2. The number of aromatic amines is 1. The molecule has 4 aromatic carbocycles. The van der Waals surface area contributed by atoms with Crippen LogP contribution in [0.15, 0.2) is 114 Å². The summed E-state index contributed by atoms with van der Waals surface area (Å²) in [7, 11) is -4.65. The number of nitro benzene ring substituents is 1. The zero-order chi connectivity index (χ0) is 64.5. The van der Waals surface area contributed by atoms with Gasteiger partial charge in [-0.25, -0.2) is 18.1 Å². The Morgan fingerprint density at radius 2 is 1.65 bits per heavy atom. The van der Waals surface area contributed by atoms with Crippen molar-refractivity contribution in [3.05, 3.63) is 152 Å². The summed E-state index contributed by atoms with van der Waals surface area (Å²) in [4.78, 5) is 91.4. The number of carbonyl (C=O) groups is 5. The number of sulfonamides is 1. The van der Waals surface area contributed by atoms with Crippen LogP contribution >= 0.6 is 11.6 Å². The molecule has 482 valence electrons. The molecule has 0 saturated carbocycles. The summed E-state index contributed by atoms with van der Waals surface area (Å²) in [6, 6.07) is 24.0. The van der Waals surface area contributed by atoms with Crippen LogP contribution in [0.5, 0.6) is 11.5 Å². The second-order valence-electron chi connectivity index (χ2n) is 24.4. The Balaban J connectivity index is 0.632. The Hall–Kier alpha value is -8.54. The number of hydrogen-bond donors (Lipinski definition) is 4. The summed E-state index contributed by atoms with van der Waals surface area (Å²) in [5, 5.41) is 19.4. The lowest BCUT2D eigenvalue weighted by Crippen LogP contribution is -2.54. The van der Waals surface area contributed by atoms with E-state index in [0.717, 1.165) is 80.3 Å². The number of imide groups is 2. The Bertz CT molecular complexity index is 4010. The fourth-order valence-corrected chi connectivity index (χ4v) is 13.6. The topological polar surface area (TPSA) is 277 Å². The van der Waals surface area contributed by atoms with Crippen molar-refractivity contribution in [2.24, 2.45) is 11.3 Å². The van der Waals surface area contributed by atoms with E-state index in [-0.39, 0.29) is 65.5 Å². The largest absolute Gasteiger partial charge is 0.455 e. The van der Waals surface area contributed by atoms with Gasteiger partial charge < -0.3 is 39.0 Å². The van der Waals surface area contributed by atoms with E-state index < -0.39 is 61.1 Å². The molecule has 23 nitrogen and oxygen atoms in total. The molecule has 2 unspecified atom stereocenters. The third kappa shape index (κ3) is 15.7. The summed E-state index contributed by atoms with van der Waals surface area (Å²) in [6.07, 6.45) is 8.27. The van der Waals surface area contributed by atoms with Crippen LogP contribution in [-0.2, 0) is 33.8 Å². The molecule has 6 aromatic rings. The number of nitro groups is 1. The average molecular weight is 1290 g/mol. The minimum Gasteiger partial charge on any atom is -0.455 e. The fourth-order valence-electron chi connectivity index (χ4n) is 12.5. The second kappa shape index (κ2) is 29.0. The van der Waals surface area contributed by atoms with Crippen molar-refractivity contribution in [1.29, 1.82) is 0 Å². The predicted octanol–water partition coefficient (Wildman–Crippen LogP) is 8.45. The number of amides is 5. The Labute approximate surface area is 538 Å². The van der Waals surface area contributed by atoms with E-state index in [1.165, 1.54) is 47.2 Å². The molecule has 25 heteroatoms. The van der Waals surface area contributed by atoms with Gasteiger partial charge in [0, 0.05) is 98.8 Å². The smallest absolute Gasteiger partial charge is 0.293 e. The minimum absolute atomic E-state index is 0.0249. The zero-order valence-corrected chi connectivity index (χ0v) is 52.9. The summed E-state index contributed by atoms with van der Waals surface area (Å²) in [6.45, 7) is 12.9. The molecular formula is C67H73ClN10O13S. The van der Waals surface area contributed by atoms with Crippen molar-refractivity contribution in [2.75, 3.05) is 109 Å². The highest BCUT2D eigenvalue weighted by Crippen LogP contribution is 2.44. The van der Waals surface area contributed by atoms with Gasteiger partial charge in [-0.1, -0.05) is 61.1 Å². The molecule has 1 aliphatic carbocycles. The van der Waals surface area contributed by atoms with E-state index in [1.807, 2.05) is 18.2 Å². The molecule has 0 spiro atoms. The van der Waals surface area contributed by atoms with E-state index >= 15 is 0 Å². The molecule has 3 fully saturated rings. The zero-order valence-electron chi connectivity index (χ0n) is 51.3. The molecule has 92 heavy (non-hydrogen) atoms. The molecule has 5 aliphatic rings. The molecule has 4 aliphatic heterocycles. The van der Waals surface area contributed by atoms with Gasteiger partial charge in [-0.3, -0.25) is 49.2 Å². The highest BCUT2D eigenvalue weighted by molar-refractivity contribution is 7.90. The summed E-state index contributed by atoms with van der Waals surface area (Å²) < 4.78 is 53.6. The maximum atomic E-state index is 14.2. The Morgan fingerprint density at radius 1 is 0.870 bits per heavy atom. The van der Waals surface area contributed by atoms with Crippen LogP contribution in [0.1, 0.15) is 101 Å². The number of hydrogen-bond acceptors (Lipinski definition) is 18. The number of halogens is 1. The molecule has 5 amide bonds. The highest BCUT2D eigenvalue weighted by Gasteiger charge is 2.45. The number of aromatic nitrogens is 2. The van der Waals surface area contributed by atoms with Crippen molar-refractivity contribution in [3.8, 4) is 23.3 Å². The van der Waals surface area contributed by atoms with Crippen LogP contribution in [0.4, 0.5) is 17.1 Å². The number of ether oxygens (including phenoxy) is 4. The van der Waals surface area contributed by atoms with Crippen molar-refractivity contribution >= 4 is 84.8 Å². The van der Waals surface area contributed by atoms with Crippen molar-refractivity contribution < 1.29 is 56.3 Å². The number of fused-ring (bicyclic) bond motifs is 2. The van der Waals surface area contributed by atoms with E-state index in [2.05, 4.69) is 77.8 Å². The molecule has 0 bridgehead atoms. The minimum atomic E-state index is -4.65. The van der Waals surface area contributed by atoms with Crippen LogP contribution in [-0.4, -0.2) is 172 Å². The number of piperidine rings is 2. The molecule has 3 saturated heterocycles. The third-order valence-corrected chi connectivity index (χ3v) is 19.0. The van der Waals surface area contributed by atoms with Crippen LogP contribution in [0, 0.1) is 33.3 Å². The van der Waals surface area contributed by atoms with Gasteiger partial charge in [-0.15, -0.1) is 0 Å². The molecule has 2 atom stereocenters. The van der Waals surface area contributed by atoms with Gasteiger partial charge >= 0.3 is 0 Å². The number of H-pyrrole nitrogens is 1. The van der Waals surface area contributed by atoms with Gasteiger partial charge in [0.15, 0.2) is 0 Å². The monoisotopic (exact) mass is 1290 g/mol. The quantitative estimate of drug-likeness (QED) is 0.0145. The normalized spacial score (nSPS) is 18.8. The number of piperazine rings is 1. The first-order chi connectivity index (χ1) is 44.4. The van der Waals surface area contributed by atoms with E-state index in [9.17, 15) is 42.5 Å². The number of allylic oxidation sites excluding steroid dienone is 1. The van der Waals surface area contributed by atoms with E-state index in [4.69, 9.17) is 30.5 Å². The van der Waals surface area contributed by atoms with Crippen LogP contribution in [0.2, 0.25) is 5.02 Å². The molecule has 2 aromatic heterocycles. The highest BCUT2D eigenvalue weighted by atomic mass is 35.5. The van der Waals surface area contributed by atoms with E-state index in [1.54, 1.807) is 36.5 Å². The Morgan fingerprint density at radius 3 is 2.43 bits per heavy atom. The third-order valence-electron chi connectivity index (χ3n) is 17.4. The van der Waals surface area contributed by atoms with Crippen molar-refractivity contribution in [2.45, 2.75) is 69.7 Å². The maximum Gasteiger partial charge on any atom is 0.293 e. The summed E-state index contributed by atoms with van der Waals surface area (Å²) >= 11 is 6.27. The number of rotatable bonds is 24. The summed E-state index contributed by atoms with van der Waals surface area (Å²) in [5.74, 6) is 2.97. The molecule has 11 rings (SSSR count). The van der Waals surface area contributed by atoms with Gasteiger partial charge in [-0.05, 0) is 128 Å². The number of pyridine rings is 1. The van der Waals surface area contributed by atoms with Gasteiger partial charge in [0.25, 0.3) is 33.4 Å². The first-order valence-corrected chi connectivity index (χ1v) is 32.8. The lowest BCUT2D eigenvalue weighted by Gasteiger charge is -2.39. The van der Waals surface area contributed by atoms with Gasteiger partial charge in [-0.2, -0.15) is 0 Å². The number of benzene rings is 4. The van der Waals surface area contributed by atoms with Gasteiger partial charge in [0.2, 0.25) is 11.8 Å². The first-order valence-electron chi connectivity index (χ1n) is 30.9.